The van der Waals surface area contributed by atoms with Crippen molar-refractivity contribution in [3.8, 4) is 0 Å². The first kappa shape index (κ1) is 17.2. The molecule has 3 atom stereocenters. The Kier molecular flexibility index (Phi) is 4.27. The molecule has 1 aromatic carbocycles. The van der Waals surface area contributed by atoms with Crippen LogP contribution < -0.4 is 4.90 Å². The summed E-state index contributed by atoms with van der Waals surface area (Å²) in [6.45, 7) is 4.99. The van der Waals surface area contributed by atoms with E-state index in [-0.39, 0.29) is 11.7 Å². The number of aryl methyl sites for hydroxylation is 1. The molecule has 2 aliphatic rings. The van der Waals surface area contributed by atoms with Crippen LogP contribution in [0.5, 0.6) is 0 Å². The number of nitrogens with zero attached hydrogens (tertiary/aromatic N) is 3. The summed E-state index contributed by atoms with van der Waals surface area (Å²) >= 11 is 0. The lowest BCUT2D eigenvalue weighted by Gasteiger charge is -2.41. The van der Waals surface area contributed by atoms with Crippen molar-refractivity contribution in [2.45, 2.75) is 38.7 Å². The molecule has 2 fully saturated rings. The quantitative estimate of drug-likeness (QED) is 0.861. The maximum Gasteiger partial charge on any atom is 0.225 e. The van der Waals surface area contributed by atoms with Crippen molar-refractivity contribution in [3.05, 3.63) is 53.3 Å². The lowest BCUT2D eigenvalue weighted by molar-refractivity contribution is -0.0631. The molecule has 1 aliphatic carbocycles. The maximum absolute atomic E-state index is 11.6. The number of carbonyl (C=O) groups is 1. The van der Waals surface area contributed by atoms with Crippen LogP contribution >= 0.6 is 0 Å². The van der Waals surface area contributed by atoms with Crippen LogP contribution in [0.25, 0.3) is 0 Å². The molecule has 1 aliphatic heterocycles. The number of carbonyl (C=O) groups excluding carboxylic acids is 1. The largest absolute Gasteiger partial charge is 0.385 e. The lowest BCUT2D eigenvalue weighted by atomic mass is 9.67. The van der Waals surface area contributed by atoms with Crippen LogP contribution in [0.2, 0.25) is 0 Å². The highest BCUT2D eigenvalue weighted by Crippen LogP contribution is 2.48. The van der Waals surface area contributed by atoms with E-state index in [0.29, 0.717) is 17.4 Å². The van der Waals surface area contributed by atoms with Gasteiger partial charge in [0.1, 0.15) is 0 Å². The van der Waals surface area contributed by atoms with E-state index in [1.54, 1.807) is 6.20 Å². The van der Waals surface area contributed by atoms with Gasteiger partial charge in [-0.25, -0.2) is 9.97 Å². The molecular weight excluding hydrogens is 326 g/mol. The van der Waals surface area contributed by atoms with Gasteiger partial charge in [0.25, 0.3) is 0 Å². The summed E-state index contributed by atoms with van der Waals surface area (Å²) in [7, 11) is 0. The monoisotopic (exact) mass is 351 g/mol. The van der Waals surface area contributed by atoms with Crippen molar-refractivity contribution >= 4 is 11.7 Å². The Hall–Kier alpha value is -2.27. The molecule has 2 aromatic rings. The van der Waals surface area contributed by atoms with Gasteiger partial charge in [0.15, 0.2) is 5.78 Å². The first-order chi connectivity index (χ1) is 12.5. The van der Waals surface area contributed by atoms with E-state index in [1.165, 1.54) is 6.92 Å². The van der Waals surface area contributed by atoms with Crippen molar-refractivity contribution < 1.29 is 9.90 Å². The molecule has 2 heterocycles. The van der Waals surface area contributed by atoms with Gasteiger partial charge in [0, 0.05) is 25.2 Å². The van der Waals surface area contributed by atoms with E-state index in [9.17, 15) is 9.90 Å². The first-order valence-electron chi connectivity index (χ1n) is 9.36. The number of aliphatic hydroxyl groups is 1. The standard InChI is InChI=1S/C21H25N3O2/c1-14-18(15(2)25)11-22-20(23-14)24-12-16-7-6-10-21(26,19(16)13-24)17-8-4-3-5-9-17/h3-5,8-9,11,16,19,26H,6-7,10,12-13H2,1-2H3/t16-,19+,21+/m0/s1. The summed E-state index contributed by atoms with van der Waals surface area (Å²) in [5, 5.41) is 11.5. The van der Waals surface area contributed by atoms with Gasteiger partial charge in [0.05, 0.1) is 16.9 Å². The minimum absolute atomic E-state index is 0.0115. The predicted octanol–water partition coefficient (Wildman–Crippen LogP) is 3.11. The molecule has 26 heavy (non-hydrogen) atoms. The van der Waals surface area contributed by atoms with Crippen molar-refractivity contribution in [2.24, 2.45) is 11.8 Å². The van der Waals surface area contributed by atoms with Crippen LogP contribution in [0.4, 0.5) is 5.95 Å². The summed E-state index contributed by atoms with van der Waals surface area (Å²) in [6.07, 6.45) is 4.59. The molecule has 0 unspecified atom stereocenters. The van der Waals surface area contributed by atoms with Gasteiger partial charge >= 0.3 is 0 Å². The summed E-state index contributed by atoms with van der Waals surface area (Å²) < 4.78 is 0. The number of ketones is 1. The number of benzene rings is 1. The highest BCUT2D eigenvalue weighted by molar-refractivity contribution is 5.94. The molecular formula is C21H25N3O2. The second-order valence-corrected chi connectivity index (χ2v) is 7.68. The number of anilines is 1. The number of hydrogen-bond donors (Lipinski definition) is 1. The number of aromatic nitrogens is 2. The van der Waals surface area contributed by atoms with Crippen LogP contribution in [0.1, 0.15) is 47.8 Å². The molecule has 136 valence electrons. The van der Waals surface area contributed by atoms with Crippen LogP contribution in [0.3, 0.4) is 0 Å². The highest BCUT2D eigenvalue weighted by atomic mass is 16.3. The Morgan fingerprint density at radius 1 is 1.27 bits per heavy atom. The van der Waals surface area contributed by atoms with E-state index in [4.69, 9.17) is 0 Å². The summed E-state index contributed by atoms with van der Waals surface area (Å²) in [5.41, 5.74) is 1.52. The zero-order valence-electron chi connectivity index (χ0n) is 15.4. The molecule has 1 N–H and O–H groups in total. The average molecular weight is 351 g/mol. The second kappa shape index (κ2) is 6.47. The Balaban J connectivity index is 1.62. The highest BCUT2D eigenvalue weighted by Gasteiger charge is 2.50. The minimum atomic E-state index is -0.784. The Morgan fingerprint density at radius 2 is 2.04 bits per heavy atom. The molecule has 5 nitrogen and oxygen atoms in total. The molecule has 0 bridgehead atoms. The van der Waals surface area contributed by atoms with Gasteiger partial charge in [-0.3, -0.25) is 4.79 Å². The fourth-order valence-electron chi connectivity index (χ4n) is 4.73. The Labute approximate surface area is 154 Å². The normalized spacial score (nSPS) is 28.0. The lowest BCUT2D eigenvalue weighted by Crippen LogP contribution is -2.42. The third-order valence-electron chi connectivity index (χ3n) is 6.09. The Bertz CT molecular complexity index is 823. The van der Waals surface area contributed by atoms with Gasteiger partial charge in [-0.05, 0) is 44.6 Å². The smallest absolute Gasteiger partial charge is 0.225 e. The fourth-order valence-corrected chi connectivity index (χ4v) is 4.73. The zero-order chi connectivity index (χ0) is 18.3. The van der Waals surface area contributed by atoms with Gasteiger partial charge in [-0.2, -0.15) is 0 Å². The number of fused-ring (bicyclic) bond motifs is 1. The van der Waals surface area contributed by atoms with E-state index in [0.717, 1.165) is 43.6 Å². The molecule has 1 saturated carbocycles. The van der Waals surface area contributed by atoms with Crippen LogP contribution in [-0.2, 0) is 5.60 Å². The molecule has 1 aromatic heterocycles. The third kappa shape index (κ3) is 2.80. The van der Waals surface area contributed by atoms with Crippen LogP contribution in [0.15, 0.2) is 36.5 Å². The molecule has 0 radical (unpaired) electrons. The first-order valence-corrected chi connectivity index (χ1v) is 9.36. The van der Waals surface area contributed by atoms with E-state index < -0.39 is 5.60 Å². The Morgan fingerprint density at radius 3 is 2.73 bits per heavy atom. The third-order valence-corrected chi connectivity index (χ3v) is 6.09. The van der Waals surface area contributed by atoms with E-state index in [1.807, 2.05) is 37.3 Å². The maximum atomic E-state index is 11.6. The zero-order valence-corrected chi connectivity index (χ0v) is 15.4. The van der Waals surface area contributed by atoms with Gasteiger partial charge in [-0.1, -0.05) is 30.3 Å². The molecule has 5 heteroatoms. The predicted molar refractivity (Wildman–Crippen MR) is 100 cm³/mol. The van der Waals surface area contributed by atoms with Crippen molar-refractivity contribution in [1.82, 2.24) is 9.97 Å². The van der Waals surface area contributed by atoms with Crippen molar-refractivity contribution in [3.63, 3.8) is 0 Å². The SMILES string of the molecule is CC(=O)c1cnc(N2C[C@@H]3CCC[C@@](O)(c4ccccc4)[C@@H]3C2)nc1C. The van der Waals surface area contributed by atoms with Gasteiger partial charge in [-0.15, -0.1) is 0 Å². The minimum Gasteiger partial charge on any atom is -0.385 e. The molecule has 0 spiro atoms. The fraction of sp³-hybridized carbons (Fsp3) is 0.476. The van der Waals surface area contributed by atoms with Crippen LogP contribution in [-0.4, -0.2) is 33.9 Å². The van der Waals surface area contributed by atoms with Crippen molar-refractivity contribution in [2.75, 3.05) is 18.0 Å². The number of hydrogen-bond acceptors (Lipinski definition) is 5. The van der Waals surface area contributed by atoms with Gasteiger partial charge in [0.2, 0.25) is 5.95 Å². The van der Waals surface area contributed by atoms with E-state index in [2.05, 4.69) is 14.9 Å². The number of rotatable bonds is 3. The summed E-state index contributed by atoms with van der Waals surface area (Å²) in [6, 6.07) is 10.1. The molecule has 1 saturated heterocycles. The summed E-state index contributed by atoms with van der Waals surface area (Å²) in [4.78, 5) is 22.8. The molecule has 0 amide bonds. The topological polar surface area (TPSA) is 66.3 Å². The average Bonchev–Trinajstić information content (AvgIpc) is 3.08. The summed E-state index contributed by atoms with van der Waals surface area (Å²) in [5.74, 6) is 1.26. The number of Topliss-reactive ketones (excluding diaryl/α,β-unsaturated/α-hetero) is 1. The van der Waals surface area contributed by atoms with E-state index >= 15 is 0 Å². The molecule has 4 rings (SSSR count). The second-order valence-electron chi connectivity index (χ2n) is 7.68. The van der Waals surface area contributed by atoms with Crippen molar-refractivity contribution in [1.29, 1.82) is 0 Å². The van der Waals surface area contributed by atoms with Crippen LogP contribution in [0, 0.1) is 18.8 Å². The van der Waals surface area contributed by atoms with Gasteiger partial charge < -0.3 is 10.0 Å².